The summed E-state index contributed by atoms with van der Waals surface area (Å²) in [6, 6.07) is 10.1. The average Bonchev–Trinajstić information content (AvgIpc) is 3.43. The third-order valence-corrected chi connectivity index (χ3v) is 6.60. The van der Waals surface area contributed by atoms with Gasteiger partial charge in [-0.3, -0.25) is 4.79 Å². The summed E-state index contributed by atoms with van der Waals surface area (Å²) in [6.07, 6.45) is 4.78. The Morgan fingerprint density at radius 3 is 2.93 bits per heavy atom. The van der Waals surface area contributed by atoms with Crippen LogP contribution in [0.3, 0.4) is 0 Å². The lowest BCUT2D eigenvalue weighted by Crippen LogP contribution is -2.36. The number of likely N-dealkylation sites (N-methyl/N-ethyl adjacent to an activating group) is 1. The van der Waals surface area contributed by atoms with Crippen LogP contribution in [0.25, 0.3) is 10.3 Å². The zero-order chi connectivity index (χ0) is 20.9. The third kappa shape index (κ3) is 4.44. The molecular formula is C22H27N5O2S. The van der Waals surface area contributed by atoms with Gasteiger partial charge in [0.1, 0.15) is 11.0 Å². The molecule has 8 heteroatoms. The van der Waals surface area contributed by atoms with Gasteiger partial charge in [-0.15, -0.1) is 0 Å². The number of methoxy groups -OCH3 is 1. The van der Waals surface area contributed by atoms with E-state index < -0.39 is 0 Å². The minimum atomic E-state index is -0.100. The van der Waals surface area contributed by atoms with Gasteiger partial charge >= 0.3 is 0 Å². The molecule has 0 bridgehead atoms. The van der Waals surface area contributed by atoms with E-state index >= 15 is 0 Å². The smallest absolute Gasteiger partial charge is 0.188 e. The first-order valence-corrected chi connectivity index (χ1v) is 11.1. The highest BCUT2D eigenvalue weighted by Crippen LogP contribution is 2.36. The molecule has 158 valence electrons. The molecular weight excluding hydrogens is 398 g/mol. The fourth-order valence-electron chi connectivity index (χ4n) is 3.87. The van der Waals surface area contributed by atoms with Crippen LogP contribution in [0.1, 0.15) is 24.8 Å². The van der Waals surface area contributed by atoms with Gasteiger partial charge in [0.25, 0.3) is 0 Å². The number of hydrogen-bond donors (Lipinski definition) is 0. The maximum Gasteiger partial charge on any atom is 0.188 e. The van der Waals surface area contributed by atoms with Crippen LogP contribution in [0, 0.1) is 0 Å². The number of carbonyl (C=O) groups excluding carboxylic acids is 1. The van der Waals surface area contributed by atoms with Gasteiger partial charge in [0.05, 0.1) is 12.6 Å². The SMILES string of the molecule is COCCN(C)c1ncnc2nc(N3CCC[C@@H]3C(=O)CCc3ccccc3)sc12. The van der Waals surface area contributed by atoms with Crippen LogP contribution in [0.15, 0.2) is 36.7 Å². The number of aromatic nitrogens is 3. The van der Waals surface area contributed by atoms with E-state index in [0.717, 1.165) is 48.0 Å². The largest absolute Gasteiger partial charge is 0.383 e. The molecule has 3 heterocycles. The first kappa shape index (κ1) is 20.7. The number of Topliss-reactive ketones (excluding diaryl/α,β-unsaturated/α-hetero) is 1. The zero-order valence-electron chi connectivity index (χ0n) is 17.5. The third-order valence-electron chi connectivity index (χ3n) is 5.53. The van der Waals surface area contributed by atoms with Crippen molar-refractivity contribution in [1.29, 1.82) is 0 Å². The monoisotopic (exact) mass is 425 g/mol. The summed E-state index contributed by atoms with van der Waals surface area (Å²) in [5.41, 5.74) is 1.89. The molecule has 0 radical (unpaired) electrons. The lowest BCUT2D eigenvalue weighted by atomic mass is 10.0. The number of benzene rings is 1. The summed E-state index contributed by atoms with van der Waals surface area (Å²) < 4.78 is 6.14. The number of hydrogen-bond acceptors (Lipinski definition) is 8. The van der Waals surface area contributed by atoms with Crippen molar-refractivity contribution in [3.63, 3.8) is 0 Å². The number of anilines is 2. The molecule has 0 unspecified atom stereocenters. The standard InChI is InChI=1S/C22H27N5O2S/c1-26(13-14-29-2)21-19-20(23-15-24-21)25-22(30-19)27-12-6-9-17(27)18(28)11-10-16-7-4-3-5-8-16/h3-5,7-8,15,17H,6,9-14H2,1-2H3/t17-/m1/s1. The van der Waals surface area contributed by atoms with Gasteiger partial charge in [0.15, 0.2) is 22.4 Å². The highest BCUT2D eigenvalue weighted by Gasteiger charge is 2.32. The summed E-state index contributed by atoms with van der Waals surface area (Å²) >= 11 is 1.57. The van der Waals surface area contributed by atoms with E-state index in [9.17, 15) is 4.79 Å². The van der Waals surface area contributed by atoms with Crippen LogP contribution in [0.2, 0.25) is 0 Å². The first-order valence-electron chi connectivity index (χ1n) is 10.3. The minimum Gasteiger partial charge on any atom is -0.383 e. The second-order valence-electron chi connectivity index (χ2n) is 7.56. The van der Waals surface area contributed by atoms with Gasteiger partial charge in [0.2, 0.25) is 0 Å². The number of carbonyl (C=O) groups is 1. The summed E-state index contributed by atoms with van der Waals surface area (Å²) in [7, 11) is 3.68. The number of thiazole rings is 1. The van der Waals surface area contributed by atoms with Crippen molar-refractivity contribution in [3.05, 3.63) is 42.2 Å². The maximum atomic E-state index is 13.0. The van der Waals surface area contributed by atoms with E-state index in [0.29, 0.717) is 24.5 Å². The molecule has 30 heavy (non-hydrogen) atoms. The van der Waals surface area contributed by atoms with Gasteiger partial charge in [-0.05, 0) is 24.8 Å². The summed E-state index contributed by atoms with van der Waals surface area (Å²) in [4.78, 5) is 30.8. The Hall–Kier alpha value is -2.58. The van der Waals surface area contributed by atoms with Crippen LogP contribution in [0.5, 0.6) is 0 Å². The quantitative estimate of drug-likeness (QED) is 0.521. The van der Waals surface area contributed by atoms with Crippen molar-refractivity contribution in [2.75, 3.05) is 43.7 Å². The lowest BCUT2D eigenvalue weighted by molar-refractivity contribution is -0.120. The van der Waals surface area contributed by atoms with Crippen molar-refractivity contribution < 1.29 is 9.53 Å². The summed E-state index contributed by atoms with van der Waals surface area (Å²) in [6.45, 7) is 2.21. The maximum absolute atomic E-state index is 13.0. The topological polar surface area (TPSA) is 71.5 Å². The van der Waals surface area contributed by atoms with Crippen LogP contribution in [-0.2, 0) is 16.0 Å². The molecule has 4 rings (SSSR count). The Kier molecular flexibility index (Phi) is 6.54. The fraction of sp³-hybridized carbons (Fsp3) is 0.455. The van der Waals surface area contributed by atoms with Gasteiger partial charge in [0, 0.05) is 33.7 Å². The van der Waals surface area contributed by atoms with E-state index in [4.69, 9.17) is 9.72 Å². The van der Waals surface area contributed by atoms with Crippen LogP contribution in [-0.4, -0.2) is 60.6 Å². The van der Waals surface area contributed by atoms with E-state index in [1.54, 1.807) is 24.8 Å². The zero-order valence-corrected chi connectivity index (χ0v) is 18.3. The van der Waals surface area contributed by atoms with Crippen molar-refractivity contribution in [2.45, 2.75) is 31.7 Å². The van der Waals surface area contributed by atoms with Crippen molar-refractivity contribution in [2.24, 2.45) is 0 Å². The molecule has 1 saturated heterocycles. The van der Waals surface area contributed by atoms with E-state index in [1.807, 2.05) is 25.2 Å². The molecule has 0 N–H and O–H groups in total. The molecule has 1 aromatic carbocycles. The molecule has 0 amide bonds. The molecule has 1 atom stereocenters. The number of nitrogens with zero attached hydrogens (tertiary/aromatic N) is 5. The molecule has 3 aromatic rings. The molecule has 1 aliphatic rings. The minimum absolute atomic E-state index is 0.100. The van der Waals surface area contributed by atoms with E-state index in [-0.39, 0.29) is 6.04 Å². The Morgan fingerprint density at radius 1 is 1.30 bits per heavy atom. The van der Waals surface area contributed by atoms with Crippen LogP contribution < -0.4 is 9.80 Å². The molecule has 0 saturated carbocycles. The molecule has 1 aliphatic heterocycles. The van der Waals surface area contributed by atoms with Crippen LogP contribution >= 0.6 is 11.3 Å². The van der Waals surface area contributed by atoms with Gasteiger partial charge in [-0.1, -0.05) is 41.7 Å². The van der Waals surface area contributed by atoms with Gasteiger partial charge < -0.3 is 14.5 Å². The Balaban J connectivity index is 1.51. The predicted octanol–water partition coefficient (Wildman–Crippen LogP) is 3.34. The number of aryl methyl sites for hydroxylation is 1. The van der Waals surface area contributed by atoms with Crippen LogP contribution in [0.4, 0.5) is 10.9 Å². The van der Waals surface area contributed by atoms with Crippen molar-refractivity contribution in [3.8, 4) is 0 Å². The predicted molar refractivity (Wildman–Crippen MR) is 120 cm³/mol. The van der Waals surface area contributed by atoms with Gasteiger partial charge in [-0.25, -0.2) is 9.97 Å². The van der Waals surface area contributed by atoms with E-state index in [1.165, 1.54) is 5.56 Å². The summed E-state index contributed by atoms with van der Waals surface area (Å²) in [5, 5.41) is 0.863. The molecule has 0 aliphatic carbocycles. The van der Waals surface area contributed by atoms with Crippen molar-refractivity contribution in [1.82, 2.24) is 15.0 Å². The normalized spacial score (nSPS) is 16.3. The highest BCUT2D eigenvalue weighted by molar-refractivity contribution is 7.22. The fourth-order valence-corrected chi connectivity index (χ4v) is 5.01. The first-order chi connectivity index (χ1) is 14.7. The van der Waals surface area contributed by atoms with Crippen molar-refractivity contribution >= 4 is 38.4 Å². The summed E-state index contributed by atoms with van der Waals surface area (Å²) in [5.74, 6) is 1.14. The second kappa shape index (κ2) is 9.49. The molecule has 7 nitrogen and oxygen atoms in total. The number of ketones is 1. The Labute approximate surface area is 180 Å². The number of fused-ring (bicyclic) bond motifs is 1. The lowest BCUT2D eigenvalue weighted by Gasteiger charge is -2.22. The Morgan fingerprint density at radius 2 is 2.13 bits per heavy atom. The number of rotatable bonds is 9. The van der Waals surface area contributed by atoms with Gasteiger partial charge in [-0.2, -0.15) is 4.98 Å². The molecule has 2 aromatic heterocycles. The molecule has 0 spiro atoms. The number of ether oxygens (including phenoxy) is 1. The molecule has 1 fully saturated rings. The second-order valence-corrected chi connectivity index (χ2v) is 8.54. The van der Waals surface area contributed by atoms with E-state index in [2.05, 4.69) is 31.9 Å². The Bertz CT molecular complexity index is 994. The average molecular weight is 426 g/mol. The highest BCUT2D eigenvalue weighted by atomic mass is 32.1.